The Morgan fingerprint density at radius 1 is 1.03 bits per heavy atom. The number of nitrogens with zero attached hydrogens (tertiary/aromatic N) is 3. The van der Waals surface area contributed by atoms with Crippen molar-refractivity contribution in [3.8, 4) is 11.5 Å². The van der Waals surface area contributed by atoms with E-state index in [0.717, 1.165) is 11.4 Å². The average molecular weight is 447 g/mol. The molecule has 0 saturated carbocycles. The summed E-state index contributed by atoms with van der Waals surface area (Å²) in [6, 6.07) is 14.7. The second-order valence-corrected chi connectivity index (χ2v) is 7.23. The summed E-state index contributed by atoms with van der Waals surface area (Å²) < 4.78 is 12.6. The standard InChI is InChI=1S/C24H26N6O3/c1-32-20-9-8-18(14-21(20)33-2)28-22-23-26-12-13-30(23)16-19(29-22)15-25-10-11-27-24(31)17-6-4-3-5-7-17/h3-9,12-14,16,25H,10-11,15H2,1-2H3,(H,27,31)(H,28,29). The number of rotatable bonds is 10. The van der Waals surface area contributed by atoms with Gasteiger partial charge in [-0.05, 0) is 24.3 Å². The van der Waals surface area contributed by atoms with Crippen LogP contribution in [-0.2, 0) is 6.54 Å². The fraction of sp³-hybridized carbons (Fsp3) is 0.208. The van der Waals surface area contributed by atoms with E-state index < -0.39 is 0 Å². The van der Waals surface area contributed by atoms with Crippen LogP contribution in [0.15, 0.2) is 67.1 Å². The Morgan fingerprint density at radius 3 is 2.64 bits per heavy atom. The number of hydrogen-bond acceptors (Lipinski definition) is 7. The van der Waals surface area contributed by atoms with Gasteiger partial charge in [0, 0.05) is 55.5 Å². The predicted molar refractivity (Wildman–Crippen MR) is 126 cm³/mol. The highest BCUT2D eigenvalue weighted by atomic mass is 16.5. The minimum Gasteiger partial charge on any atom is -0.493 e. The van der Waals surface area contributed by atoms with Crippen molar-refractivity contribution in [2.45, 2.75) is 6.54 Å². The summed E-state index contributed by atoms with van der Waals surface area (Å²) in [4.78, 5) is 21.2. The minimum absolute atomic E-state index is 0.0863. The highest BCUT2D eigenvalue weighted by molar-refractivity contribution is 5.94. The molecule has 0 saturated heterocycles. The van der Waals surface area contributed by atoms with Gasteiger partial charge >= 0.3 is 0 Å². The molecule has 1 amide bonds. The van der Waals surface area contributed by atoms with Gasteiger partial charge in [-0.2, -0.15) is 0 Å². The van der Waals surface area contributed by atoms with Gasteiger partial charge in [0.05, 0.1) is 19.9 Å². The van der Waals surface area contributed by atoms with Crippen molar-refractivity contribution in [1.82, 2.24) is 25.0 Å². The van der Waals surface area contributed by atoms with Gasteiger partial charge < -0.3 is 29.8 Å². The van der Waals surface area contributed by atoms with Crippen LogP contribution < -0.4 is 25.4 Å². The molecule has 170 valence electrons. The van der Waals surface area contributed by atoms with Gasteiger partial charge in [0.15, 0.2) is 23.0 Å². The molecule has 2 aromatic carbocycles. The van der Waals surface area contributed by atoms with Crippen LogP contribution in [0.3, 0.4) is 0 Å². The molecular weight excluding hydrogens is 420 g/mol. The number of carbonyl (C=O) groups excluding carboxylic acids is 1. The molecule has 0 unspecified atom stereocenters. The van der Waals surface area contributed by atoms with Gasteiger partial charge in [-0.15, -0.1) is 0 Å². The third-order valence-corrected chi connectivity index (χ3v) is 5.00. The average Bonchev–Trinajstić information content (AvgIpc) is 3.33. The number of fused-ring (bicyclic) bond motifs is 1. The fourth-order valence-corrected chi connectivity index (χ4v) is 3.38. The van der Waals surface area contributed by atoms with Crippen LogP contribution in [0.4, 0.5) is 11.5 Å². The topological polar surface area (TPSA) is 102 Å². The molecule has 0 radical (unpaired) electrons. The Hall–Kier alpha value is -4.11. The van der Waals surface area contributed by atoms with Gasteiger partial charge in [0.1, 0.15) is 0 Å². The van der Waals surface area contributed by atoms with Gasteiger partial charge in [-0.25, -0.2) is 9.97 Å². The Morgan fingerprint density at radius 2 is 1.85 bits per heavy atom. The number of benzene rings is 2. The maximum atomic E-state index is 12.1. The number of anilines is 2. The van der Waals surface area contributed by atoms with Gasteiger partial charge in [-0.1, -0.05) is 18.2 Å². The Labute approximate surface area is 191 Å². The second kappa shape index (κ2) is 10.5. The molecule has 0 atom stereocenters. The van der Waals surface area contributed by atoms with Crippen LogP contribution in [0.1, 0.15) is 16.1 Å². The molecule has 0 fully saturated rings. The largest absolute Gasteiger partial charge is 0.493 e. The Balaban J connectivity index is 1.39. The monoisotopic (exact) mass is 446 g/mol. The van der Waals surface area contributed by atoms with Crippen molar-refractivity contribution in [3.05, 3.63) is 78.4 Å². The van der Waals surface area contributed by atoms with E-state index in [1.54, 1.807) is 32.5 Å². The summed E-state index contributed by atoms with van der Waals surface area (Å²) in [6.07, 6.45) is 5.53. The molecule has 2 heterocycles. The highest BCUT2D eigenvalue weighted by Crippen LogP contribution is 2.31. The number of carbonyl (C=O) groups is 1. The van der Waals surface area contributed by atoms with E-state index in [-0.39, 0.29) is 5.91 Å². The first-order valence-electron chi connectivity index (χ1n) is 10.5. The zero-order valence-electron chi connectivity index (χ0n) is 18.5. The van der Waals surface area contributed by atoms with Crippen molar-refractivity contribution in [1.29, 1.82) is 0 Å². The number of methoxy groups -OCH3 is 2. The van der Waals surface area contributed by atoms with Crippen molar-refractivity contribution in [2.24, 2.45) is 0 Å². The van der Waals surface area contributed by atoms with Crippen LogP contribution >= 0.6 is 0 Å². The summed E-state index contributed by atoms with van der Waals surface area (Å²) >= 11 is 0. The molecule has 9 heteroatoms. The second-order valence-electron chi connectivity index (χ2n) is 7.23. The molecule has 4 aromatic rings. The van der Waals surface area contributed by atoms with E-state index in [4.69, 9.17) is 14.5 Å². The van der Waals surface area contributed by atoms with E-state index in [2.05, 4.69) is 20.9 Å². The van der Waals surface area contributed by atoms with Gasteiger partial charge in [0.25, 0.3) is 5.91 Å². The lowest BCUT2D eigenvalue weighted by Crippen LogP contribution is -2.31. The number of amides is 1. The third-order valence-electron chi connectivity index (χ3n) is 5.00. The van der Waals surface area contributed by atoms with Crippen LogP contribution in [0.5, 0.6) is 11.5 Å². The van der Waals surface area contributed by atoms with E-state index in [1.807, 2.05) is 53.2 Å². The van der Waals surface area contributed by atoms with E-state index in [0.29, 0.717) is 48.2 Å². The highest BCUT2D eigenvalue weighted by Gasteiger charge is 2.11. The summed E-state index contributed by atoms with van der Waals surface area (Å²) in [6.45, 7) is 1.66. The smallest absolute Gasteiger partial charge is 0.251 e. The van der Waals surface area contributed by atoms with Crippen molar-refractivity contribution in [3.63, 3.8) is 0 Å². The molecule has 0 aliphatic carbocycles. The molecule has 3 N–H and O–H groups in total. The van der Waals surface area contributed by atoms with E-state index in [9.17, 15) is 4.79 Å². The third kappa shape index (κ3) is 5.39. The Bertz CT molecular complexity index is 1230. The number of ether oxygens (including phenoxy) is 2. The molecule has 4 rings (SSSR count). The minimum atomic E-state index is -0.0863. The van der Waals surface area contributed by atoms with Gasteiger partial charge in [0.2, 0.25) is 0 Å². The zero-order chi connectivity index (χ0) is 23.0. The maximum Gasteiger partial charge on any atom is 0.251 e. The van der Waals surface area contributed by atoms with Crippen molar-refractivity contribution >= 4 is 23.1 Å². The van der Waals surface area contributed by atoms with Gasteiger partial charge in [-0.3, -0.25) is 4.79 Å². The molecule has 0 spiro atoms. The van der Waals surface area contributed by atoms with Crippen molar-refractivity contribution in [2.75, 3.05) is 32.6 Å². The fourth-order valence-electron chi connectivity index (χ4n) is 3.38. The predicted octanol–water partition coefficient (Wildman–Crippen LogP) is 3.01. The van der Waals surface area contributed by atoms with E-state index >= 15 is 0 Å². The number of imidazole rings is 1. The maximum absolute atomic E-state index is 12.1. The lowest BCUT2D eigenvalue weighted by molar-refractivity contribution is 0.0954. The molecule has 0 bridgehead atoms. The van der Waals surface area contributed by atoms with Crippen LogP contribution in [-0.4, -0.2) is 47.6 Å². The molecule has 33 heavy (non-hydrogen) atoms. The van der Waals surface area contributed by atoms with Crippen LogP contribution in [0.25, 0.3) is 5.65 Å². The lowest BCUT2D eigenvalue weighted by atomic mass is 10.2. The Kier molecular flexibility index (Phi) is 7.01. The molecule has 0 aliphatic heterocycles. The van der Waals surface area contributed by atoms with Crippen LogP contribution in [0, 0.1) is 0 Å². The molecule has 0 aliphatic rings. The number of nitrogens with one attached hydrogen (secondary N) is 3. The quantitative estimate of drug-likeness (QED) is 0.322. The molecule has 2 aromatic heterocycles. The number of aromatic nitrogens is 3. The summed E-state index contributed by atoms with van der Waals surface area (Å²) in [5.41, 5.74) is 3.00. The number of hydrogen-bond donors (Lipinski definition) is 3. The van der Waals surface area contributed by atoms with E-state index in [1.165, 1.54) is 0 Å². The summed E-state index contributed by atoms with van der Waals surface area (Å²) in [5.74, 6) is 1.82. The first kappa shape index (κ1) is 22.1. The van der Waals surface area contributed by atoms with Crippen LogP contribution in [0.2, 0.25) is 0 Å². The first-order chi connectivity index (χ1) is 16.2. The SMILES string of the molecule is COc1ccc(Nc2nc(CNCCNC(=O)c3ccccc3)cn3ccnc23)cc1OC. The summed E-state index contributed by atoms with van der Waals surface area (Å²) in [7, 11) is 3.20. The lowest BCUT2D eigenvalue weighted by Gasteiger charge is -2.13. The summed E-state index contributed by atoms with van der Waals surface area (Å²) in [5, 5.41) is 9.54. The molecular formula is C24H26N6O3. The normalized spacial score (nSPS) is 10.7. The first-order valence-corrected chi connectivity index (χ1v) is 10.5. The molecule has 9 nitrogen and oxygen atoms in total. The van der Waals surface area contributed by atoms with Crippen molar-refractivity contribution < 1.29 is 14.3 Å². The zero-order valence-corrected chi connectivity index (χ0v) is 18.5.